The zero-order valence-corrected chi connectivity index (χ0v) is 13.0. The molecule has 2 unspecified atom stereocenters. The van der Waals surface area contributed by atoms with E-state index in [4.69, 9.17) is 0 Å². The Morgan fingerprint density at radius 2 is 2.05 bits per heavy atom. The molecular weight excluding hydrogens is 264 g/mol. The number of aliphatic hydroxyl groups is 1. The van der Waals surface area contributed by atoms with E-state index in [1.807, 2.05) is 43.1 Å². The highest BCUT2D eigenvalue weighted by atomic mass is 16.3. The largest absolute Gasteiger partial charge is 0.393 e. The highest BCUT2D eigenvalue weighted by molar-refractivity contribution is 5.92. The second-order valence-corrected chi connectivity index (χ2v) is 6.17. The van der Waals surface area contributed by atoms with Crippen molar-refractivity contribution in [2.45, 2.75) is 38.7 Å². The van der Waals surface area contributed by atoms with Crippen LogP contribution in [0.1, 0.15) is 31.2 Å². The van der Waals surface area contributed by atoms with Gasteiger partial charge in [0.15, 0.2) is 0 Å². The van der Waals surface area contributed by atoms with Crippen LogP contribution in [-0.4, -0.2) is 42.2 Å². The smallest absolute Gasteiger partial charge is 0.238 e. The van der Waals surface area contributed by atoms with Crippen molar-refractivity contribution in [3.8, 4) is 0 Å². The van der Waals surface area contributed by atoms with Crippen LogP contribution in [-0.2, 0) is 4.79 Å². The van der Waals surface area contributed by atoms with E-state index in [9.17, 15) is 9.90 Å². The van der Waals surface area contributed by atoms with Crippen molar-refractivity contribution in [2.75, 3.05) is 25.5 Å². The van der Waals surface area contributed by atoms with Gasteiger partial charge in [-0.1, -0.05) is 31.0 Å². The molecule has 0 aromatic heterocycles. The van der Waals surface area contributed by atoms with E-state index < -0.39 is 0 Å². The molecule has 0 saturated heterocycles. The second kappa shape index (κ2) is 7.57. The molecule has 0 aliphatic heterocycles. The molecule has 21 heavy (non-hydrogen) atoms. The summed E-state index contributed by atoms with van der Waals surface area (Å²) in [6.07, 6.45) is 4.06. The van der Waals surface area contributed by atoms with Crippen LogP contribution in [0.5, 0.6) is 0 Å². The zero-order valence-electron chi connectivity index (χ0n) is 13.0. The number of likely N-dealkylation sites (N-methyl/N-ethyl adjacent to an activating group) is 1. The summed E-state index contributed by atoms with van der Waals surface area (Å²) in [7, 11) is 1.94. The summed E-state index contributed by atoms with van der Waals surface area (Å²) in [5.41, 5.74) is 1.94. The Morgan fingerprint density at radius 3 is 2.76 bits per heavy atom. The maximum Gasteiger partial charge on any atom is 0.238 e. The van der Waals surface area contributed by atoms with E-state index in [0.717, 1.165) is 37.1 Å². The fraction of sp³-hybridized carbons (Fsp3) is 0.588. The lowest BCUT2D eigenvalue weighted by molar-refractivity contribution is -0.117. The Morgan fingerprint density at radius 1 is 1.33 bits per heavy atom. The first-order valence-electron chi connectivity index (χ1n) is 7.78. The predicted molar refractivity (Wildman–Crippen MR) is 85.3 cm³/mol. The fourth-order valence-electron chi connectivity index (χ4n) is 3.01. The quantitative estimate of drug-likeness (QED) is 0.875. The maximum absolute atomic E-state index is 12.1. The first-order valence-corrected chi connectivity index (χ1v) is 7.78. The highest BCUT2D eigenvalue weighted by Gasteiger charge is 2.24. The van der Waals surface area contributed by atoms with E-state index in [-0.39, 0.29) is 12.0 Å². The molecule has 0 spiro atoms. The number of benzene rings is 1. The van der Waals surface area contributed by atoms with Gasteiger partial charge in [0.2, 0.25) is 5.91 Å². The van der Waals surface area contributed by atoms with Gasteiger partial charge in [0.1, 0.15) is 0 Å². The first-order chi connectivity index (χ1) is 10.1. The van der Waals surface area contributed by atoms with Gasteiger partial charge in [-0.3, -0.25) is 9.69 Å². The van der Waals surface area contributed by atoms with E-state index in [1.54, 1.807) is 0 Å². The summed E-state index contributed by atoms with van der Waals surface area (Å²) in [6, 6.07) is 7.78. The van der Waals surface area contributed by atoms with Gasteiger partial charge in [0.05, 0.1) is 12.6 Å². The van der Waals surface area contributed by atoms with Gasteiger partial charge in [-0.25, -0.2) is 0 Å². The third-order valence-corrected chi connectivity index (χ3v) is 4.25. The fourth-order valence-corrected chi connectivity index (χ4v) is 3.01. The van der Waals surface area contributed by atoms with Crippen LogP contribution in [0, 0.1) is 12.8 Å². The molecule has 116 valence electrons. The Hall–Kier alpha value is -1.39. The molecule has 2 rings (SSSR count). The Balaban J connectivity index is 1.80. The van der Waals surface area contributed by atoms with Crippen LogP contribution >= 0.6 is 0 Å². The summed E-state index contributed by atoms with van der Waals surface area (Å²) in [5.74, 6) is 0.298. The summed E-state index contributed by atoms with van der Waals surface area (Å²) in [5, 5.41) is 12.9. The van der Waals surface area contributed by atoms with Crippen molar-refractivity contribution in [2.24, 2.45) is 5.92 Å². The lowest BCUT2D eigenvalue weighted by atomic mass is 9.86. The lowest BCUT2D eigenvalue weighted by Crippen LogP contribution is -2.38. The Kier molecular flexibility index (Phi) is 5.76. The Bertz CT molecular complexity index is 476. The molecule has 1 saturated carbocycles. The van der Waals surface area contributed by atoms with Crippen LogP contribution in [0.4, 0.5) is 5.69 Å². The molecule has 2 atom stereocenters. The van der Waals surface area contributed by atoms with Crippen molar-refractivity contribution in [1.82, 2.24) is 4.90 Å². The summed E-state index contributed by atoms with van der Waals surface area (Å²) in [6.45, 7) is 3.12. The topological polar surface area (TPSA) is 52.6 Å². The average Bonchev–Trinajstić information content (AvgIpc) is 2.44. The molecule has 0 bridgehead atoms. The third kappa shape index (κ3) is 4.83. The van der Waals surface area contributed by atoms with Gasteiger partial charge in [-0.2, -0.15) is 0 Å². The summed E-state index contributed by atoms with van der Waals surface area (Å²) in [4.78, 5) is 14.1. The first kappa shape index (κ1) is 16.0. The van der Waals surface area contributed by atoms with Crippen LogP contribution in [0.25, 0.3) is 0 Å². The number of amides is 1. The van der Waals surface area contributed by atoms with Crippen molar-refractivity contribution in [3.63, 3.8) is 0 Å². The average molecular weight is 290 g/mol. The second-order valence-electron chi connectivity index (χ2n) is 6.17. The molecule has 1 aliphatic rings. The van der Waals surface area contributed by atoms with E-state index in [0.29, 0.717) is 12.5 Å². The molecule has 2 N–H and O–H groups in total. The number of para-hydroxylation sites is 1. The molecule has 1 fully saturated rings. The highest BCUT2D eigenvalue weighted by Crippen LogP contribution is 2.24. The molecule has 1 aliphatic carbocycles. The number of carbonyl (C=O) groups excluding carboxylic acids is 1. The van der Waals surface area contributed by atoms with Crippen LogP contribution in [0.15, 0.2) is 24.3 Å². The number of nitrogens with one attached hydrogen (secondary N) is 1. The van der Waals surface area contributed by atoms with Crippen molar-refractivity contribution in [3.05, 3.63) is 29.8 Å². The minimum absolute atomic E-state index is 0.00269. The van der Waals surface area contributed by atoms with E-state index >= 15 is 0 Å². The number of aryl methyl sites for hydroxylation is 1. The van der Waals surface area contributed by atoms with Crippen molar-refractivity contribution >= 4 is 11.6 Å². The number of anilines is 1. The number of nitrogens with zero attached hydrogens (tertiary/aromatic N) is 1. The standard InChI is InChI=1S/C17H26N2O2/c1-13-7-3-5-9-15(13)18-17(21)12-19(2)11-14-8-4-6-10-16(14)20/h3,5,7,9,14,16,20H,4,6,8,10-12H2,1-2H3,(H,18,21). The lowest BCUT2D eigenvalue weighted by Gasteiger charge is -2.30. The molecule has 4 heteroatoms. The van der Waals surface area contributed by atoms with Gasteiger partial charge >= 0.3 is 0 Å². The molecule has 4 nitrogen and oxygen atoms in total. The van der Waals surface area contributed by atoms with Gasteiger partial charge < -0.3 is 10.4 Å². The molecule has 1 aromatic rings. The van der Waals surface area contributed by atoms with E-state index in [1.165, 1.54) is 6.42 Å². The minimum Gasteiger partial charge on any atom is -0.393 e. The number of hydrogen-bond donors (Lipinski definition) is 2. The molecular formula is C17H26N2O2. The summed E-state index contributed by atoms with van der Waals surface area (Å²) >= 11 is 0. The van der Waals surface area contributed by atoms with Crippen molar-refractivity contribution in [1.29, 1.82) is 0 Å². The minimum atomic E-state index is -0.208. The predicted octanol–water partition coefficient (Wildman–Crippen LogP) is 2.42. The Labute approximate surface area is 127 Å². The van der Waals surface area contributed by atoms with Crippen LogP contribution < -0.4 is 5.32 Å². The number of hydrogen-bond acceptors (Lipinski definition) is 3. The van der Waals surface area contributed by atoms with Crippen molar-refractivity contribution < 1.29 is 9.90 Å². The number of carbonyl (C=O) groups is 1. The van der Waals surface area contributed by atoms with Crippen LogP contribution in [0.2, 0.25) is 0 Å². The molecule has 1 amide bonds. The zero-order chi connectivity index (χ0) is 15.2. The van der Waals surface area contributed by atoms with Crippen LogP contribution in [0.3, 0.4) is 0 Å². The molecule has 1 aromatic carbocycles. The number of aliphatic hydroxyl groups excluding tert-OH is 1. The summed E-state index contributed by atoms with van der Waals surface area (Å²) < 4.78 is 0. The van der Waals surface area contributed by atoms with E-state index in [2.05, 4.69) is 5.32 Å². The molecule has 0 heterocycles. The van der Waals surface area contributed by atoms with Gasteiger partial charge in [-0.15, -0.1) is 0 Å². The maximum atomic E-state index is 12.1. The SMILES string of the molecule is Cc1ccccc1NC(=O)CN(C)CC1CCCCC1O. The number of rotatable bonds is 5. The van der Waals surface area contributed by atoms with Gasteiger partial charge in [-0.05, 0) is 44.4 Å². The molecule has 0 radical (unpaired) electrons. The third-order valence-electron chi connectivity index (χ3n) is 4.25. The normalized spacial score (nSPS) is 22.3. The van der Waals surface area contributed by atoms with Gasteiger partial charge in [0, 0.05) is 12.2 Å². The monoisotopic (exact) mass is 290 g/mol. The van der Waals surface area contributed by atoms with Gasteiger partial charge in [0.25, 0.3) is 0 Å².